The molecule has 24 heavy (non-hydrogen) atoms. The molecular formula is C17H19F3N2O2. The molecule has 1 aromatic heterocycles. The Hall–Kier alpha value is -2.28. The standard InChI is InChI=1S/C17H19F3N2O2/c1-11-14(16(21)23)10-15(22(11)8-3-9-24-2)12-4-6-13(7-5-12)17(18,19)20/h4-7,10H,3,8-9H2,1-2H3,(H2,21,23). The molecule has 0 radical (unpaired) electrons. The second-order valence-corrected chi connectivity index (χ2v) is 5.47. The van der Waals surface area contributed by atoms with Crippen LogP contribution >= 0.6 is 0 Å². The van der Waals surface area contributed by atoms with Crippen molar-refractivity contribution in [1.82, 2.24) is 4.57 Å². The Balaban J connectivity index is 2.44. The second-order valence-electron chi connectivity index (χ2n) is 5.47. The van der Waals surface area contributed by atoms with Crippen molar-refractivity contribution in [3.63, 3.8) is 0 Å². The number of benzene rings is 1. The summed E-state index contributed by atoms with van der Waals surface area (Å²) < 4.78 is 45.0. The zero-order chi connectivity index (χ0) is 17.9. The number of ether oxygens (including phenoxy) is 1. The third-order valence-corrected chi connectivity index (χ3v) is 3.87. The van der Waals surface area contributed by atoms with E-state index < -0.39 is 17.6 Å². The quantitative estimate of drug-likeness (QED) is 0.817. The number of hydrogen-bond donors (Lipinski definition) is 1. The van der Waals surface area contributed by atoms with Crippen LogP contribution in [0.25, 0.3) is 11.3 Å². The zero-order valence-electron chi connectivity index (χ0n) is 13.5. The minimum atomic E-state index is -4.38. The minimum absolute atomic E-state index is 0.363. The molecular weight excluding hydrogens is 321 g/mol. The highest BCUT2D eigenvalue weighted by molar-refractivity contribution is 5.95. The Morgan fingerprint density at radius 3 is 2.38 bits per heavy atom. The molecule has 0 aliphatic heterocycles. The monoisotopic (exact) mass is 340 g/mol. The smallest absolute Gasteiger partial charge is 0.385 e. The number of hydrogen-bond acceptors (Lipinski definition) is 2. The van der Waals surface area contributed by atoms with Crippen LogP contribution in [0.15, 0.2) is 30.3 Å². The fraction of sp³-hybridized carbons (Fsp3) is 0.353. The molecule has 2 rings (SSSR count). The average molecular weight is 340 g/mol. The molecule has 0 aliphatic carbocycles. The van der Waals surface area contributed by atoms with Gasteiger partial charge in [-0.3, -0.25) is 4.79 Å². The maximum Gasteiger partial charge on any atom is 0.416 e. The topological polar surface area (TPSA) is 57.2 Å². The molecule has 2 aromatic rings. The highest BCUT2D eigenvalue weighted by Crippen LogP contribution is 2.32. The van der Waals surface area contributed by atoms with Crippen LogP contribution in [-0.2, 0) is 17.5 Å². The molecule has 1 aromatic carbocycles. The van der Waals surface area contributed by atoms with Gasteiger partial charge in [0.05, 0.1) is 11.1 Å². The molecule has 130 valence electrons. The molecule has 2 N–H and O–H groups in total. The van der Waals surface area contributed by atoms with Crippen LogP contribution < -0.4 is 5.73 Å². The van der Waals surface area contributed by atoms with Crippen LogP contribution in [-0.4, -0.2) is 24.2 Å². The van der Waals surface area contributed by atoms with Gasteiger partial charge in [0.15, 0.2) is 0 Å². The van der Waals surface area contributed by atoms with Crippen molar-refractivity contribution in [3.05, 3.63) is 47.2 Å². The van der Waals surface area contributed by atoms with E-state index in [2.05, 4.69) is 0 Å². The number of nitrogens with zero attached hydrogens (tertiary/aromatic N) is 1. The Morgan fingerprint density at radius 2 is 1.88 bits per heavy atom. The van der Waals surface area contributed by atoms with Crippen LogP contribution in [0.1, 0.15) is 28.0 Å². The van der Waals surface area contributed by atoms with Crippen LogP contribution in [0.2, 0.25) is 0 Å². The lowest BCUT2D eigenvalue weighted by Crippen LogP contribution is -2.13. The van der Waals surface area contributed by atoms with E-state index in [0.29, 0.717) is 42.1 Å². The molecule has 0 saturated carbocycles. The van der Waals surface area contributed by atoms with Gasteiger partial charge in [0.1, 0.15) is 0 Å². The number of alkyl halides is 3. The number of amides is 1. The summed E-state index contributed by atoms with van der Waals surface area (Å²) in [4.78, 5) is 11.6. The van der Waals surface area contributed by atoms with E-state index in [1.54, 1.807) is 20.1 Å². The second kappa shape index (κ2) is 7.09. The van der Waals surface area contributed by atoms with Gasteiger partial charge in [-0.1, -0.05) is 12.1 Å². The van der Waals surface area contributed by atoms with E-state index >= 15 is 0 Å². The number of methoxy groups -OCH3 is 1. The molecule has 0 aliphatic rings. The molecule has 0 fully saturated rings. The first-order valence-corrected chi connectivity index (χ1v) is 7.42. The largest absolute Gasteiger partial charge is 0.416 e. The van der Waals surface area contributed by atoms with Gasteiger partial charge in [0.25, 0.3) is 5.91 Å². The van der Waals surface area contributed by atoms with Gasteiger partial charge < -0.3 is 15.0 Å². The molecule has 0 saturated heterocycles. The summed E-state index contributed by atoms with van der Waals surface area (Å²) in [5, 5.41) is 0. The summed E-state index contributed by atoms with van der Waals surface area (Å²) in [6.45, 7) is 2.87. The van der Waals surface area contributed by atoms with Crippen LogP contribution in [0, 0.1) is 6.92 Å². The Labute approximate surface area is 138 Å². The fourth-order valence-corrected chi connectivity index (χ4v) is 2.62. The van der Waals surface area contributed by atoms with E-state index in [-0.39, 0.29) is 0 Å². The molecule has 0 atom stereocenters. The van der Waals surface area contributed by atoms with Gasteiger partial charge in [0.2, 0.25) is 0 Å². The van der Waals surface area contributed by atoms with Crippen LogP contribution in [0.5, 0.6) is 0 Å². The van der Waals surface area contributed by atoms with E-state index in [1.807, 2.05) is 4.57 Å². The first-order valence-electron chi connectivity index (χ1n) is 7.42. The Kier molecular flexibility index (Phi) is 5.33. The number of rotatable bonds is 6. The van der Waals surface area contributed by atoms with Gasteiger partial charge in [-0.2, -0.15) is 13.2 Å². The van der Waals surface area contributed by atoms with Crippen LogP contribution in [0.3, 0.4) is 0 Å². The fourth-order valence-electron chi connectivity index (χ4n) is 2.62. The molecule has 0 unspecified atom stereocenters. The van der Waals surface area contributed by atoms with Crippen molar-refractivity contribution in [2.24, 2.45) is 5.73 Å². The predicted octanol–water partition coefficient (Wildman–Crippen LogP) is 3.62. The highest BCUT2D eigenvalue weighted by atomic mass is 19.4. The van der Waals surface area contributed by atoms with E-state index in [4.69, 9.17) is 10.5 Å². The predicted molar refractivity (Wildman–Crippen MR) is 84.6 cm³/mol. The van der Waals surface area contributed by atoms with Gasteiger partial charge >= 0.3 is 6.18 Å². The van der Waals surface area contributed by atoms with E-state index in [9.17, 15) is 18.0 Å². The third-order valence-electron chi connectivity index (χ3n) is 3.87. The van der Waals surface area contributed by atoms with Crippen molar-refractivity contribution >= 4 is 5.91 Å². The average Bonchev–Trinajstić information content (AvgIpc) is 2.84. The summed E-state index contributed by atoms with van der Waals surface area (Å²) in [7, 11) is 1.59. The van der Waals surface area contributed by atoms with Crippen molar-refractivity contribution < 1.29 is 22.7 Å². The summed E-state index contributed by atoms with van der Waals surface area (Å²) in [5.74, 6) is -0.564. The lowest BCUT2D eigenvalue weighted by Gasteiger charge is -2.13. The number of nitrogens with two attached hydrogens (primary N) is 1. The first-order chi connectivity index (χ1) is 11.3. The molecule has 7 heteroatoms. The maximum atomic E-state index is 12.7. The SMILES string of the molecule is COCCCn1c(-c2ccc(C(F)(F)F)cc2)cc(C(N)=O)c1C. The number of carbonyl (C=O) groups is 1. The van der Waals surface area contributed by atoms with Crippen LogP contribution in [0.4, 0.5) is 13.2 Å². The third kappa shape index (κ3) is 3.79. The summed E-state index contributed by atoms with van der Waals surface area (Å²) >= 11 is 0. The lowest BCUT2D eigenvalue weighted by atomic mass is 10.1. The highest BCUT2D eigenvalue weighted by Gasteiger charge is 2.30. The number of primary amides is 1. The van der Waals surface area contributed by atoms with Crippen molar-refractivity contribution in [3.8, 4) is 11.3 Å². The van der Waals surface area contributed by atoms with E-state index in [1.165, 1.54) is 12.1 Å². The molecule has 0 spiro atoms. The maximum absolute atomic E-state index is 12.7. The molecule has 0 bridgehead atoms. The van der Waals surface area contributed by atoms with E-state index in [0.717, 1.165) is 12.1 Å². The molecule has 4 nitrogen and oxygen atoms in total. The normalized spacial score (nSPS) is 11.7. The number of carbonyl (C=O) groups excluding carboxylic acids is 1. The number of halogens is 3. The van der Waals surface area contributed by atoms with Crippen molar-refractivity contribution in [2.75, 3.05) is 13.7 Å². The summed E-state index contributed by atoms with van der Waals surface area (Å²) in [5.41, 5.74) is 6.98. The van der Waals surface area contributed by atoms with Crippen molar-refractivity contribution in [1.29, 1.82) is 0 Å². The minimum Gasteiger partial charge on any atom is -0.385 e. The Bertz CT molecular complexity index is 719. The van der Waals surface area contributed by atoms with Gasteiger partial charge in [-0.15, -0.1) is 0 Å². The zero-order valence-corrected chi connectivity index (χ0v) is 13.5. The molecule has 1 heterocycles. The van der Waals surface area contributed by atoms with Gasteiger partial charge in [0, 0.05) is 31.6 Å². The van der Waals surface area contributed by atoms with Crippen molar-refractivity contribution in [2.45, 2.75) is 26.1 Å². The molecule has 1 amide bonds. The van der Waals surface area contributed by atoms with Gasteiger partial charge in [-0.25, -0.2) is 0 Å². The first kappa shape index (κ1) is 18.1. The summed E-state index contributed by atoms with van der Waals surface area (Å²) in [6, 6.07) is 6.47. The number of aromatic nitrogens is 1. The Morgan fingerprint density at radius 1 is 1.25 bits per heavy atom. The lowest BCUT2D eigenvalue weighted by molar-refractivity contribution is -0.137. The summed E-state index contributed by atoms with van der Waals surface area (Å²) in [6.07, 6.45) is -3.68. The van der Waals surface area contributed by atoms with Gasteiger partial charge in [-0.05, 0) is 37.1 Å².